The van der Waals surface area contributed by atoms with Crippen LogP contribution in [-0.2, 0) is 6.54 Å². The SMILES string of the molecule is OCC#CCN1CCN(Cc2ccccc2-c2ccc(F)cc2)CC1. The average Bonchev–Trinajstić information content (AvgIpc) is 2.65. The third-order valence-electron chi connectivity index (χ3n) is 4.54. The Hall–Kier alpha value is -2.19. The van der Waals surface area contributed by atoms with E-state index >= 15 is 0 Å². The van der Waals surface area contributed by atoms with Crippen molar-refractivity contribution in [3.05, 3.63) is 59.9 Å². The number of hydrogen-bond donors (Lipinski definition) is 1. The summed E-state index contributed by atoms with van der Waals surface area (Å²) >= 11 is 0. The molecule has 1 aliphatic rings. The van der Waals surface area contributed by atoms with E-state index in [4.69, 9.17) is 5.11 Å². The number of piperazine rings is 1. The highest BCUT2D eigenvalue weighted by Crippen LogP contribution is 2.25. The molecule has 3 rings (SSSR count). The quantitative estimate of drug-likeness (QED) is 0.868. The normalized spacial score (nSPS) is 15.6. The summed E-state index contributed by atoms with van der Waals surface area (Å²) < 4.78 is 13.2. The van der Waals surface area contributed by atoms with E-state index in [0.717, 1.165) is 44.8 Å². The molecule has 0 amide bonds. The summed E-state index contributed by atoms with van der Waals surface area (Å²) in [4.78, 5) is 4.75. The maximum atomic E-state index is 13.2. The molecule has 130 valence electrons. The van der Waals surface area contributed by atoms with Crippen molar-refractivity contribution in [1.82, 2.24) is 9.80 Å². The Morgan fingerprint density at radius 1 is 0.880 bits per heavy atom. The zero-order chi connectivity index (χ0) is 17.5. The fourth-order valence-electron chi connectivity index (χ4n) is 3.14. The van der Waals surface area contributed by atoms with Gasteiger partial charge in [-0.3, -0.25) is 9.80 Å². The van der Waals surface area contributed by atoms with Gasteiger partial charge in [-0.2, -0.15) is 0 Å². The van der Waals surface area contributed by atoms with Crippen LogP contribution in [0.4, 0.5) is 4.39 Å². The Balaban J connectivity index is 1.63. The number of halogens is 1. The average molecular weight is 338 g/mol. The van der Waals surface area contributed by atoms with Gasteiger partial charge in [0.2, 0.25) is 0 Å². The molecule has 0 saturated carbocycles. The molecular formula is C21H23FN2O. The Labute approximate surface area is 148 Å². The van der Waals surface area contributed by atoms with Crippen LogP contribution in [-0.4, -0.2) is 54.2 Å². The molecule has 3 nitrogen and oxygen atoms in total. The van der Waals surface area contributed by atoms with Crippen LogP contribution in [0.3, 0.4) is 0 Å². The molecule has 1 aliphatic heterocycles. The lowest BCUT2D eigenvalue weighted by Gasteiger charge is -2.34. The molecule has 2 aromatic carbocycles. The highest BCUT2D eigenvalue weighted by Gasteiger charge is 2.17. The molecule has 1 heterocycles. The van der Waals surface area contributed by atoms with E-state index in [0.29, 0.717) is 0 Å². The first-order chi connectivity index (χ1) is 12.3. The maximum Gasteiger partial charge on any atom is 0.123 e. The molecule has 0 unspecified atom stereocenters. The molecule has 0 aromatic heterocycles. The van der Waals surface area contributed by atoms with E-state index in [1.54, 1.807) is 0 Å². The molecule has 0 radical (unpaired) electrons. The third kappa shape index (κ3) is 4.90. The molecule has 2 aromatic rings. The molecule has 0 bridgehead atoms. The number of nitrogens with zero attached hydrogens (tertiary/aromatic N) is 2. The first kappa shape index (κ1) is 17.6. The van der Waals surface area contributed by atoms with E-state index in [2.05, 4.69) is 39.8 Å². The van der Waals surface area contributed by atoms with Crippen LogP contribution < -0.4 is 0 Å². The van der Waals surface area contributed by atoms with Crippen molar-refractivity contribution < 1.29 is 9.50 Å². The monoisotopic (exact) mass is 338 g/mol. The molecule has 25 heavy (non-hydrogen) atoms. The van der Waals surface area contributed by atoms with Crippen LogP contribution in [0, 0.1) is 17.7 Å². The summed E-state index contributed by atoms with van der Waals surface area (Å²) in [6, 6.07) is 15.0. The van der Waals surface area contributed by atoms with Gasteiger partial charge in [0.25, 0.3) is 0 Å². The second kappa shape index (κ2) is 8.77. The Kier molecular flexibility index (Phi) is 6.19. The van der Waals surface area contributed by atoms with Crippen LogP contribution in [0.2, 0.25) is 0 Å². The summed E-state index contributed by atoms with van der Waals surface area (Å²) in [6.45, 7) is 5.51. The number of aliphatic hydroxyl groups excluding tert-OH is 1. The van der Waals surface area contributed by atoms with Crippen molar-refractivity contribution in [2.24, 2.45) is 0 Å². The first-order valence-corrected chi connectivity index (χ1v) is 8.61. The van der Waals surface area contributed by atoms with E-state index in [1.807, 2.05) is 18.2 Å². The fraction of sp³-hybridized carbons (Fsp3) is 0.333. The number of benzene rings is 2. The van der Waals surface area contributed by atoms with Crippen molar-refractivity contribution in [2.45, 2.75) is 6.54 Å². The minimum atomic E-state index is -0.207. The molecule has 0 atom stereocenters. The lowest BCUT2D eigenvalue weighted by Crippen LogP contribution is -2.45. The van der Waals surface area contributed by atoms with Crippen molar-refractivity contribution in [2.75, 3.05) is 39.3 Å². The first-order valence-electron chi connectivity index (χ1n) is 8.61. The van der Waals surface area contributed by atoms with Crippen molar-refractivity contribution in [3.8, 4) is 23.0 Å². The second-order valence-corrected chi connectivity index (χ2v) is 6.23. The van der Waals surface area contributed by atoms with Gasteiger partial charge in [-0.15, -0.1) is 0 Å². The lowest BCUT2D eigenvalue weighted by atomic mass is 9.99. The van der Waals surface area contributed by atoms with Gasteiger partial charge in [0, 0.05) is 32.7 Å². The van der Waals surface area contributed by atoms with Crippen LogP contribution >= 0.6 is 0 Å². The zero-order valence-electron chi connectivity index (χ0n) is 14.3. The van der Waals surface area contributed by atoms with Crippen LogP contribution in [0.5, 0.6) is 0 Å². The van der Waals surface area contributed by atoms with Crippen LogP contribution in [0.25, 0.3) is 11.1 Å². The van der Waals surface area contributed by atoms with Gasteiger partial charge >= 0.3 is 0 Å². The Morgan fingerprint density at radius 3 is 2.28 bits per heavy atom. The van der Waals surface area contributed by atoms with Gasteiger partial charge in [0.1, 0.15) is 12.4 Å². The summed E-state index contributed by atoms with van der Waals surface area (Å²) in [6.07, 6.45) is 0. The van der Waals surface area contributed by atoms with Gasteiger partial charge in [-0.25, -0.2) is 4.39 Å². The predicted molar refractivity (Wildman–Crippen MR) is 98.4 cm³/mol. The summed E-state index contributed by atoms with van der Waals surface area (Å²) in [7, 11) is 0. The largest absolute Gasteiger partial charge is 0.384 e. The minimum absolute atomic E-state index is 0.0693. The summed E-state index contributed by atoms with van der Waals surface area (Å²) in [5.74, 6) is 5.47. The summed E-state index contributed by atoms with van der Waals surface area (Å²) in [5.41, 5.74) is 3.48. The maximum absolute atomic E-state index is 13.2. The van der Waals surface area contributed by atoms with E-state index in [-0.39, 0.29) is 12.4 Å². The van der Waals surface area contributed by atoms with Gasteiger partial charge < -0.3 is 5.11 Å². The van der Waals surface area contributed by atoms with Crippen LogP contribution in [0.15, 0.2) is 48.5 Å². The van der Waals surface area contributed by atoms with Crippen molar-refractivity contribution >= 4 is 0 Å². The molecule has 4 heteroatoms. The van der Waals surface area contributed by atoms with Gasteiger partial charge in [0.15, 0.2) is 0 Å². The zero-order valence-corrected chi connectivity index (χ0v) is 14.3. The van der Waals surface area contributed by atoms with Crippen molar-refractivity contribution in [1.29, 1.82) is 0 Å². The molecule has 1 N–H and O–H groups in total. The second-order valence-electron chi connectivity index (χ2n) is 6.23. The molecular weight excluding hydrogens is 315 g/mol. The summed E-state index contributed by atoms with van der Waals surface area (Å²) in [5, 5.41) is 8.72. The Bertz CT molecular complexity index is 740. The van der Waals surface area contributed by atoms with E-state index in [9.17, 15) is 4.39 Å². The highest BCUT2D eigenvalue weighted by molar-refractivity contribution is 5.67. The van der Waals surface area contributed by atoms with Gasteiger partial charge in [0.05, 0.1) is 6.54 Å². The third-order valence-corrected chi connectivity index (χ3v) is 4.54. The number of aliphatic hydroxyl groups is 1. The smallest absolute Gasteiger partial charge is 0.123 e. The van der Waals surface area contributed by atoms with E-state index in [1.165, 1.54) is 23.3 Å². The molecule has 0 aliphatic carbocycles. The van der Waals surface area contributed by atoms with E-state index < -0.39 is 0 Å². The molecule has 0 spiro atoms. The fourth-order valence-corrected chi connectivity index (χ4v) is 3.14. The lowest BCUT2D eigenvalue weighted by molar-refractivity contribution is 0.138. The minimum Gasteiger partial charge on any atom is -0.384 e. The van der Waals surface area contributed by atoms with Crippen LogP contribution in [0.1, 0.15) is 5.56 Å². The van der Waals surface area contributed by atoms with Gasteiger partial charge in [-0.05, 0) is 28.8 Å². The topological polar surface area (TPSA) is 26.7 Å². The predicted octanol–water partition coefficient (Wildman–Crippen LogP) is 2.61. The Morgan fingerprint density at radius 2 is 1.56 bits per heavy atom. The standard InChI is InChI=1S/C21H23FN2O/c22-20-9-7-18(8-10-20)21-6-2-1-5-19(21)17-24-14-12-23(13-15-24)11-3-4-16-25/h1-2,5-10,25H,11-17H2. The van der Waals surface area contributed by atoms with Gasteiger partial charge in [-0.1, -0.05) is 48.2 Å². The number of rotatable bonds is 4. The van der Waals surface area contributed by atoms with Crippen molar-refractivity contribution in [3.63, 3.8) is 0 Å². The number of hydrogen-bond acceptors (Lipinski definition) is 3. The molecule has 1 saturated heterocycles. The highest BCUT2D eigenvalue weighted by atomic mass is 19.1. The molecule has 1 fully saturated rings.